The van der Waals surface area contributed by atoms with Crippen LogP contribution >= 0.6 is 0 Å². The number of nitrogens with one attached hydrogen (secondary N) is 1. The topological polar surface area (TPSA) is 75.3 Å². The molecule has 1 unspecified atom stereocenters. The maximum absolute atomic E-state index is 12.6. The Labute approximate surface area is 93.3 Å². The summed E-state index contributed by atoms with van der Waals surface area (Å²) < 4.78 is 12.6. The van der Waals surface area contributed by atoms with Crippen molar-refractivity contribution in [1.82, 2.24) is 5.32 Å². The molecule has 0 amide bonds. The molecule has 0 heterocycles. The van der Waals surface area contributed by atoms with Crippen molar-refractivity contribution in [3.8, 4) is 0 Å². The van der Waals surface area contributed by atoms with Crippen molar-refractivity contribution in [3.05, 3.63) is 35.6 Å². The summed E-state index contributed by atoms with van der Waals surface area (Å²) in [5, 5.41) is 11.6. The molecule has 0 fully saturated rings. The first-order valence-electron chi connectivity index (χ1n) is 5.03. The van der Waals surface area contributed by atoms with E-state index in [1.165, 1.54) is 12.1 Å². The fourth-order valence-corrected chi connectivity index (χ4v) is 1.22. The Morgan fingerprint density at radius 3 is 2.62 bits per heavy atom. The van der Waals surface area contributed by atoms with Gasteiger partial charge in [-0.25, -0.2) is 4.39 Å². The summed E-state index contributed by atoms with van der Waals surface area (Å²) in [6.07, 6.45) is 0.372. The second kappa shape index (κ2) is 6.19. The van der Waals surface area contributed by atoms with Gasteiger partial charge in [0.15, 0.2) is 0 Å². The third-order valence-corrected chi connectivity index (χ3v) is 2.19. The predicted octanol–water partition coefficient (Wildman–Crippen LogP) is 0.717. The van der Waals surface area contributed by atoms with E-state index in [4.69, 9.17) is 10.8 Å². The number of carboxylic acids is 1. The van der Waals surface area contributed by atoms with E-state index in [0.29, 0.717) is 19.5 Å². The lowest BCUT2D eigenvalue weighted by atomic mass is 10.2. The highest BCUT2D eigenvalue weighted by Crippen LogP contribution is 2.01. The van der Waals surface area contributed by atoms with Gasteiger partial charge in [0.1, 0.15) is 11.9 Å². The van der Waals surface area contributed by atoms with Crippen LogP contribution in [-0.2, 0) is 11.3 Å². The summed E-state index contributed by atoms with van der Waals surface area (Å²) in [7, 11) is 0. The normalized spacial score (nSPS) is 12.4. The van der Waals surface area contributed by atoms with Crippen molar-refractivity contribution in [2.75, 3.05) is 6.54 Å². The summed E-state index contributed by atoms with van der Waals surface area (Å²) in [6.45, 7) is 1.09. The van der Waals surface area contributed by atoms with Crippen LogP contribution in [0.2, 0.25) is 0 Å². The number of hydrogen-bond donors (Lipinski definition) is 3. The predicted molar refractivity (Wildman–Crippen MR) is 58.3 cm³/mol. The van der Waals surface area contributed by atoms with Crippen molar-refractivity contribution in [2.24, 2.45) is 5.73 Å². The van der Waals surface area contributed by atoms with Gasteiger partial charge in [-0.1, -0.05) is 12.1 Å². The second-order valence-electron chi connectivity index (χ2n) is 3.54. The van der Waals surface area contributed by atoms with Crippen molar-refractivity contribution in [2.45, 2.75) is 19.0 Å². The van der Waals surface area contributed by atoms with E-state index in [9.17, 15) is 9.18 Å². The zero-order valence-corrected chi connectivity index (χ0v) is 8.82. The van der Waals surface area contributed by atoms with Gasteiger partial charge in [-0.3, -0.25) is 4.79 Å². The Hall–Kier alpha value is -1.46. The van der Waals surface area contributed by atoms with Gasteiger partial charge < -0.3 is 16.2 Å². The highest BCUT2D eigenvalue weighted by Gasteiger charge is 2.09. The zero-order chi connectivity index (χ0) is 12.0. The molecule has 0 saturated carbocycles. The SMILES string of the molecule is NC(CCNCc1ccc(F)cc1)C(=O)O. The fourth-order valence-electron chi connectivity index (χ4n) is 1.22. The molecule has 5 heteroatoms. The summed E-state index contributed by atoms with van der Waals surface area (Å²) in [4.78, 5) is 10.4. The molecule has 1 atom stereocenters. The molecule has 0 aliphatic heterocycles. The lowest BCUT2D eigenvalue weighted by molar-refractivity contribution is -0.138. The number of carbonyl (C=O) groups is 1. The molecule has 0 aliphatic rings. The van der Waals surface area contributed by atoms with Crippen LogP contribution in [-0.4, -0.2) is 23.7 Å². The van der Waals surface area contributed by atoms with Gasteiger partial charge in [0.05, 0.1) is 0 Å². The first kappa shape index (κ1) is 12.6. The van der Waals surface area contributed by atoms with E-state index < -0.39 is 12.0 Å². The maximum atomic E-state index is 12.6. The highest BCUT2D eigenvalue weighted by molar-refractivity contribution is 5.72. The van der Waals surface area contributed by atoms with Crippen LogP contribution in [0.15, 0.2) is 24.3 Å². The molecule has 0 bridgehead atoms. The van der Waals surface area contributed by atoms with Crippen molar-refractivity contribution in [1.29, 1.82) is 0 Å². The van der Waals surface area contributed by atoms with Gasteiger partial charge in [0.25, 0.3) is 0 Å². The molecule has 1 aromatic carbocycles. The molecular weight excluding hydrogens is 211 g/mol. The van der Waals surface area contributed by atoms with E-state index in [1.807, 2.05) is 0 Å². The molecular formula is C11H15FN2O2. The lowest BCUT2D eigenvalue weighted by Gasteiger charge is -2.07. The average Bonchev–Trinajstić information content (AvgIpc) is 2.26. The Balaban J connectivity index is 2.21. The monoisotopic (exact) mass is 226 g/mol. The number of benzene rings is 1. The molecule has 16 heavy (non-hydrogen) atoms. The molecule has 1 aromatic rings. The van der Waals surface area contributed by atoms with Crippen LogP contribution in [0, 0.1) is 5.82 Å². The number of halogens is 1. The maximum Gasteiger partial charge on any atom is 0.320 e. The van der Waals surface area contributed by atoms with E-state index in [1.54, 1.807) is 12.1 Å². The van der Waals surface area contributed by atoms with E-state index >= 15 is 0 Å². The summed E-state index contributed by atoms with van der Waals surface area (Å²) >= 11 is 0. The highest BCUT2D eigenvalue weighted by atomic mass is 19.1. The molecule has 1 rings (SSSR count). The Kier molecular flexibility index (Phi) is 4.88. The van der Waals surface area contributed by atoms with Crippen LogP contribution in [0.5, 0.6) is 0 Å². The van der Waals surface area contributed by atoms with E-state index in [0.717, 1.165) is 5.56 Å². The molecule has 0 spiro atoms. The van der Waals surface area contributed by atoms with Gasteiger partial charge in [0, 0.05) is 6.54 Å². The Bertz CT molecular complexity index is 340. The molecule has 88 valence electrons. The molecule has 0 aromatic heterocycles. The third kappa shape index (κ3) is 4.37. The standard InChI is InChI=1S/C11H15FN2O2/c12-9-3-1-8(2-4-9)7-14-6-5-10(13)11(15)16/h1-4,10,14H,5-7,13H2,(H,15,16). The number of aliphatic carboxylic acids is 1. The summed E-state index contributed by atoms with van der Waals surface area (Å²) in [6, 6.07) is 5.31. The van der Waals surface area contributed by atoms with Crippen molar-refractivity contribution in [3.63, 3.8) is 0 Å². The number of hydrogen-bond acceptors (Lipinski definition) is 3. The summed E-state index contributed by atoms with van der Waals surface area (Å²) in [5.74, 6) is -1.26. The van der Waals surface area contributed by atoms with Gasteiger partial charge in [-0.2, -0.15) is 0 Å². The van der Waals surface area contributed by atoms with Crippen LogP contribution in [0.4, 0.5) is 4.39 Å². The van der Waals surface area contributed by atoms with Gasteiger partial charge in [0.2, 0.25) is 0 Å². The number of carboxylic acid groups (broad SMARTS) is 1. The van der Waals surface area contributed by atoms with Gasteiger partial charge in [-0.05, 0) is 30.7 Å². The largest absolute Gasteiger partial charge is 0.480 e. The van der Waals surface area contributed by atoms with Crippen LogP contribution in [0.1, 0.15) is 12.0 Å². The molecule has 0 saturated heterocycles. The average molecular weight is 226 g/mol. The molecule has 4 nitrogen and oxygen atoms in total. The molecule has 0 aliphatic carbocycles. The molecule has 0 radical (unpaired) electrons. The second-order valence-corrected chi connectivity index (χ2v) is 3.54. The first-order chi connectivity index (χ1) is 7.59. The van der Waals surface area contributed by atoms with E-state index in [2.05, 4.69) is 5.32 Å². The Morgan fingerprint density at radius 2 is 2.06 bits per heavy atom. The molecule has 4 N–H and O–H groups in total. The van der Waals surface area contributed by atoms with Crippen molar-refractivity contribution >= 4 is 5.97 Å². The van der Waals surface area contributed by atoms with Crippen LogP contribution in [0.3, 0.4) is 0 Å². The minimum Gasteiger partial charge on any atom is -0.480 e. The van der Waals surface area contributed by atoms with Crippen LogP contribution < -0.4 is 11.1 Å². The van der Waals surface area contributed by atoms with Gasteiger partial charge >= 0.3 is 5.97 Å². The first-order valence-corrected chi connectivity index (χ1v) is 5.03. The van der Waals surface area contributed by atoms with E-state index in [-0.39, 0.29) is 5.82 Å². The zero-order valence-electron chi connectivity index (χ0n) is 8.82. The fraction of sp³-hybridized carbons (Fsp3) is 0.364. The van der Waals surface area contributed by atoms with Crippen LogP contribution in [0.25, 0.3) is 0 Å². The minimum atomic E-state index is -0.997. The smallest absolute Gasteiger partial charge is 0.320 e. The van der Waals surface area contributed by atoms with Gasteiger partial charge in [-0.15, -0.1) is 0 Å². The third-order valence-electron chi connectivity index (χ3n) is 2.19. The number of rotatable bonds is 6. The number of nitrogens with two attached hydrogens (primary N) is 1. The quantitative estimate of drug-likeness (QED) is 0.625. The minimum absolute atomic E-state index is 0.267. The summed E-state index contributed by atoms with van der Waals surface area (Å²) in [5.41, 5.74) is 6.28. The Morgan fingerprint density at radius 1 is 1.44 bits per heavy atom. The lowest BCUT2D eigenvalue weighted by Crippen LogP contribution is -2.33. The van der Waals surface area contributed by atoms with Crippen molar-refractivity contribution < 1.29 is 14.3 Å².